The standard InChI is InChI=1S/C7H4O9/c8-2(4(10)7(15)16)1(5(11)12)3(9)6(13)14/h1H,(H,11,12)(H,13,14)(H,15,16). The third-order valence-electron chi connectivity index (χ3n) is 1.40. The Labute approximate surface area is 86.3 Å². The minimum Gasteiger partial charge on any atom is -0.480 e. The molecule has 0 aliphatic carbocycles. The third-order valence-corrected chi connectivity index (χ3v) is 1.40. The van der Waals surface area contributed by atoms with Crippen LogP contribution in [0.2, 0.25) is 0 Å². The predicted molar refractivity (Wildman–Crippen MR) is 41.4 cm³/mol. The highest BCUT2D eigenvalue weighted by molar-refractivity contribution is 6.66. The summed E-state index contributed by atoms with van der Waals surface area (Å²) in [4.78, 5) is 62.7. The van der Waals surface area contributed by atoms with Crippen LogP contribution < -0.4 is 0 Å². The van der Waals surface area contributed by atoms with Gasteiger partial charge in [-0.1, -0.05) is 0 Å². The third kappa shape index (κ3) is 2.70. The Balaban J connectivity index is 5.25. The second kappa shape index (κ2) is 4.77. The van der Waals surface area contributed by atoms with Gasteiger partial charge in [-0.15, -0.1) is 0 Å². The van der Waals surface area contributed by atoms with Crippen molar-refractivity contribution in [3.63, 3.8) is 0 Å². The summed E-state index contributed by atoms with van der Waals surface area (Å²) in [5, 5.41) is 24.6. The maximum atomic E-state index is 10.9. The van der Waals surface area contributed by atoms with Gasteiger partial charge >= 0.3 is 23.7 Å². The highest BCUT2D eigenvalue weighted by Gasteiger charge is 2.43. The molecule has 9 nitrogen and oxygen atoms in total. The summed E-state index contributed by atoms with van der Waals surface area (Å²) in [5.41, 5.74) is 0. The van der Waals surface area contributed by atoms with E-state index in [1.165, 1.54) is 0 Å². The molecule has 3 N–H and O–H groups in total. The van der Waals surface area contributed by atoms with Crippen LogP contribution >= 0.6 is 0 Å². The molecular weight excluding hydrogens is 228 g/mol. The summed E-state index contributed by atoms with van der Waals surface area (Å²) in [6, 6.07) is 0. The maximum absolute atomic E-state index is 10.9. The van der Waals surface area contributed by atoms with E-state index in [1.54, 1.807) is 0 Å². The molecule has 0 rings (SSSR count). The Morgan fingerprint density at radius 3 is 1.38 bits per heavy atom. The molecule has 0 saturated carbocycles. The molecule has 0 aromatic heterocycles. The second-order valence-electron chi connectivity index (χ2n) is 2.44. The zero-order valence-electron chi connectivity index (χ0n) is 7.37. The molecule has 0 spiro atoms. The van der Waals surface area contributed by atoms with Crippen LogP contribution in [0.25, 0.3) is 0 Å². The molecule has 0 saturated heterocycles. The number of hydrogen-bond donors (Lipinski definition) is 3. The van der Waals surface area contributed by atoms with E-state index in [-0.39, 0.29) is 0 Å². The molecule has 0 fully saturated rings. The number of carbonyl (C=O) groups excluding carboxylic acids is 3. The van der Waals surface area contributed by atoms with Gasteiger partial charge in [-0.3, -0.25) is 19.2 Å². The summed E-state index contributed by atoms with van der Waals surface area (Å²) in [5.74, 6) is -15.9. The zero-order valence-corrected chi connectivity index (χ0v) is 7.37. The molecule has 0 aliphatic rings. The molecule has 0 aliphatic heterocycles. The van der Waals surface area contributed by atoms with Crippen LogP contribution in [-0.4, -0.2) is 50.6 Å². The summed E-state index contributed by atoms with van der Waals surface area (Å²) in [7, 11) is 0. The van der Waals surface area contributed by atoms with Crippen molar-refractivity contribution in [3.05, 3.63) is 0 Å². The van der Waals surface area contributed by atoms with E-state index >= 15 is 0 Å². The van der Waals surface area contributed by atoms with Crippen molar-refractivity contribution in [2.24, 2.45) is 5.92 Å². The lowest BCUT2D eigenvalue weighted by molar-refractivity contribution is -0.162. The summed E-state index contributed by atoms with van der Waals surface area (Å²) < 4.78 is 0. The number of carboxylic acid groups (broad SMARTS) is 3. The average molecular weight is 232 g/mol. The molecule has 0 heterocycles. The monoisotopic (exact) mass is 232 g/mol. The Morgan fingerprint density at radius 2 is 1.12 bits per heavy atom. The SMILES string of the molecule is O=C(O)C(=O)C(=O)C(C(=O)O)C(=O)C(=O)O. The van der Waals surface area contributed by atoms with Crippen LogP contribution in [0.1, 0.15) is 0 Å². The molecule has 0 aromatic rings. The van der Waals surface area contributed by atoms with Crippen molar-refractivity contribution in [1.29, 1.82) is 0 Å². The highest BCUT2D eigenvalue weighted by atomic mass is 16.4. The molecule has 16 heavy (non-hydrogen) atoms. The van der Waals surface area contributed by atoms with Crippen LogP contribution in [-0.2, 0) is 28.8 Å². The molecule has 9 heteroatoms. The molecule has 0 radical (unpaired) electrons. The number of carbonyl (C=O) groups is 6. The van der Waals surface area contributed by atoms with Gasteiger partial charge in [0.05, 0.1) is 0 Å². The fourth-order valence-electron chi connectivity index (χ4n) is 0.703. The van der Waals surface area contributed by atoms with Crippen molar-refractivity contribution in [2.75, 3.05) is 0 Å². The van der Waals surface area contributed by atoms with Gasteiger partial charge in [0.25, 0.3) is 5.78 Å². The van der Waals surface area contributed by atoms with E-state index < -0.39 is 41.2 Å². The summed E-state index contributed by atoms with van der Waals surface area (Å²) in [6.07, 6.45) is 0. The Bertz CT molecular complexity index is 404. The number of hydrogen-bond acceptors (Lipinski definition) is 6. The van der Waals surface area contributed by atoms with Crippen molar-refractivity contribution >= 4 is 35.3 Å². The van der Waals surface area contributed by atoms with Gasteiger partial charge in [0, 0.05) is 0 Å². The Kier molecular flexibility index (Phi) is 4.00. The summed E-state index contributed by atoms with van der Waals surface area (Å²) in [6.45, 7) is 0. The molecular formula is C7H4O9. The average Bonchev–Trinajstić information content (AvgIpc) is 2.15. The minimum atomic E-state index is -2.83. The van der Waals surface area contributed by atoms with Gasteiger partial charge in [0.2, 0.25) is 5.78 Å². The van der Waals surface area contributed by atoms with Crippen molar-refractivity contribution in [1.82, 2.24) is 0 Å². The quantitative estimate of drug-likeness (QED) is 0.333. The second-order valence-corrected chi connectivity index (χ2v) is 2.44. The lowest BCUT2D eigenvalue weighted by atomic mass is 9.96. The van der Waals surface area contributed by atoms with Gasteiger partial charge in [-0.2, -0.15) is 0 Å². The van der Waals surface area contributed by atoms with Crippen molar-refractivity contribution in [3.8, 4) is 0 Å². The predicted octanol–water partition coefficient (Wildman–Crippen LogP) is -2.44. The van der Waals surface area contributed by atoms with Gasteiger partial charge in [0.15, 0.2) is 5.92 Å². The molecule has 86 valence electrons. The molecule has 0 amide bonds. The van der Waals surface area contributed by atoms with E-state index in [1.807, 2.05) is 0 Å². The topological polar surface area (TPSA) is 163 Å². The van der Waals surface area contributed by atoms with Crippen LogP contribution in [0.4, 0.5) is 0 Å². The molecule has 0 aromatic carbocycles. The Hall–Kier alpha value is -2.58. The van der Waals surface area contributed by atoms with E-state index in [4.69, 9.17) is 15.3 Å². The lowest BCUT2D eigenvalue weighted by Crippen LogP contribution is -2.41. The number of rotatable bonds is 6. The number of Topliss-reactive ketones (excluding diaryl/α,β-unsaturated/α-hetero) is 3. The largest absolute Gasteiger partial charge is 0.480 e. The molecule has 1 unspecified atom stereocenters. The fourth-order valence-corrected chi connectivity index (χ4v) is 0.703. The first-order valence-electron chi connectivity index (χ1n) is 3.51. The zero-order chi connectivity index (χ0) is 13.0. The number of aliphatic carboxylic acids is 3. The van der Waals surface area contributed by atoms with Crippen LogP contribution in [0, 0.1) is 5.92 Å². The van der Waals surface area contributed by atoms with E-state index in [0.29, 0.717) is 0 Å². The lowest BCUT2D eigenvalue weighted by Gasteiger charge is -2.04. The van der Waals surface area contributed by atoms with Crippen molar-refractivity contribution in [2.45, 2.75) is 0 Å². The first kappa shape index (κ1) is 13.4. The Morgan fingerprint density at radius 1 is 0.688 bits per heavy atom. The fraction of sp³-hybridized carbons (Fsp3) is 0.143. The summed E-state index contributed by atoms with van der Waals surface area (Å²) >= 11 is 0. The molecule has 0 bridgehead atoms. The maximum Gasteiger partial charge on any atom is 0.380 e. The van der Waals surface area contributed by atoms with Crippen LogP contribution in [0.3, 0.4) is 0 Å². The van der Waals surface area contributed by atoms with E-state index in [2.05, 4.69) is 0 Å². The van der Waals surface area contributed by atoms with Gasteiger partial charge in [-0.25, -0.2) is 9.59 Å². The van der Waals surface area contributed by atoms with E-state index in [0.717, 1.165) is 0 Å². The van der Waals surface area contributed by atoms with Gasteiger partial charge < -0.3 is 15.3 Å². The van der Waals surface area contributed by atoms with Crippen molar-refractivity contribution < 1.29 is 44.1 Å². The number of carboxylic acids is 3. The van der Waals surface area contributed by atoms with Crippen LogP contribution in [0.15, 0.2) is 0 Å². The normalized spacial score (nSPS) is 11.2. The van der Waals surface area contributed by atoms with E-state index in [9.17, 15) is 28.8 Å². The van der Waals surface area contributed by atoms with Crippen LogP contribution in [0.5, 0.6) is 0 Å². The smallest absolute Gasteiger partial charge is 0.380 e. The first-order valence-corrected chi connectivity index (χ1v) is 3.51. The highest BCUT2D eigenvalue weighted by Crippen LogP contribution is 2.03. The molecule has 1 atom stereocenters. The first-order chi connectivity index (χ1) is 7.20. The van der Waals surface area contributed by atoms with Gasteiger partial charge in [0.1, 0.15) is 0 Å². The van der Waals surface area contributed by atoms with Gasteiger partial charge in [-0.05, 0) is 0 Å². The number of ketones is 3. The minimum absolute atomic E-state index is 2.08.